The van der Waals surface area contributed by atoms with Crippen LogP contribution in [0.1, 0.15) is 6.92 Å². The maximum absolute atomic E-state index is 11.8. The van der Waals surface area contributed by atoms with Crippen LogP contribution in [0.15, 0.2) is 24.3 Å². The summed E-state index contributed by atoms with van der Waals surface area (Å²) in [6.07, 6.45) is -0.243. The topological polar surface area (TPSA) is 75.6 Å². The second-order valence-electron chi connectivity index (χ2n) is 5.96. The largest absolute Gasteiger partial charge is 0.497 e. The molecule has 0 saturated carbocycles. The summed E-state index contributed by atoms with van der Waals surface area (Å²) in [7, 11) is 1.64. The second-order valence-corrected chi connectivity index (χ2v) is 6.32. The molecule has 1 aromatic heterocycles. The minimum atomic E-state index is -0.243. The molecule has 1 aliphatic rings. The zero-order chi connectivity index (χ0) is 18.5. The Hall–Kier alpha value is -2.39. The summed E-state index contributed by atoms with van der Waals surface area (Å²) < 4.78 is 12.6. The van der Waals surface area contributed by atoms with E-state index in [0.717, 1.165) is 30.2 Å². The Bertz CT molecular complexity index is 793. The molecule has 0 spiro atoms. The van der Waals surface area contributed by atoms with E-state index in [4.69, 9.17) is 21.7 Å². The van der Waals surface area contributed by atoms with Gasteiger partial charge in [-0.2, -0.15) is 4.98 Å². The molecular formula is C17H23N5O3S. The number of ether oxygens (including phenoxy) is 2. The fourth-order valence-electron chi connectivity index (χ4n) is 2.82. The van der Waals surface area contributed by atoms with Crippen molar-refractivity contribution in [2.75, 3.05) is 39.9 Å². The van der Waals surface area contributed by atoms with Crippen LogP contribution in [0.2, 0.25) is 0 Å². The van der Waals surface area contributed by atoms with Crippen LogP contribution in [0.4, 0.5) is 4.79 Å². The summed E-state index contributed by atoms with van der Waals surface area (Å²) in [6, 6.07) is 7.66. The third kappa shape index (κ3) is 4.23. The van der Waals surface area contributed by atoms with Gasteiger partial charge in [-0.3, -0.25) is 10.00 Å². The van der Waals surface area contributed by atoms with Crippen LogP contribution >= 0.6 is 12.2 Å². The van der Waals surface area contributed by atoms with E-state index in [0.29, 0.717) is 31.1 Å². The van der Waals surface area contributed by atoms with Crippen molar-refractivity contribution in [1.29, 1.82) is 0 Å². The Morgan fingerprint density at radius 3 is 2.54 bits per heavy atom. The van der Waals surface area contributed by atoms with Crippen LogP contribution < -0.4 is 4.74 Å². The van der Waals surface area contributed by atoms with Crippen molar-refractivity contribution in [2.45, 2.75) is 13.6 Å². The molecule has 9 heteroatoms. The van der Waals surface area contributed by atoms with Crippen molar-refractivity contribution in [2.24, 2.45) is 0 Å². The average Bonchev–Trinajstić information content (AvgIpc) is 3.03. The van der Waals surface area contributed by atoms with Gasteiger partial charge in [0.25, 0.3) is 0 Å². The van der Waals surface area contributed by atoms with Crippen molar-refractivity contribution in [1.82, 2.24) is 24.6 Å². The van der Waals surface area contributed by atoms with Gasteiger partial charge in [0, 0.05) is 31.7 Å². The van der Waals surface area contributed by atoms with Crippen LogP contribution in [0, 0.1) is 4.77 Å². The summed E-state index contributed by atoms with van der Waals surface area (Å²) in [4.78, 5) is 20.2. The highest BCUT2D eigenvalue weighted by atomic mass is 32.1. The zero-order valence-corrected chi connectivity index (χ0v) is 15.8. The monoisotopic (exact) mass is 377 g/mol. The molecule has 3 rings (SSSR count). The number of aromatic nitrogens is 3. The summed E-state index contributed by atoms with van der Waals surface area (Å²) in [6.45, 7) is 5.63. The number of amides is 1. The third-order valence-corrected chi connectivity index (χ3v) is 4.59. The number of hydrogen-bond acceptors (Lipinski definition) is 6. The van der Waals surface area contributed by atoms with Crippen LogP contribution in [0.25, 0.3) is 11.4 Å². The number of aromatic amines is 1. The SMILES string of the molecule is CCOC(=O)N1CCN(Cn2[nH]c(-c3ccc(OC)cc3)nc2=S)CC1. The molecule has 1 aromatic carbocycles. The van der Waals surface area contributed by atoms with Gasteiger partial charge in [-0.15, -0.1) is 0 Å². The lowest BCUT2D eigenvalue weighted by atomic mass is 10.2. The lowest BCUT2D eigenvalue weighted by molar-refractivity contribution is 0.0691. The number of carbonyl (C=O) groups excluding carboxylic acids is 1. The van der Waals surface area contributed by atoms with Gasteiger partial charge in [0.15, 0.2) is 5.82 Å². The Morgan fingerprint density at radius 2 is 1.92 bits per heavy atom. The van der Waals surface area contributed by atoms with E-state index < -0.39 is 0 Å². The average molecular weight is 377 g/mol. The number of methoxy groups -OCH3 is 1. The number of carbonyl (C=O) groups is 1. The van der Waals surface area contributed by atoms with Gasteiger partial charge in [-0.05, 0) is 43.4 Å². The normalized spacial score (nSPS) is 15.1. The van der Waals surface area contributed by atoms with E-state index in [1.807, 2.05) is 35.9 Å². The fraction of sp³-hybridized carbons (Fsp3) is 0.471. The standard InChI is InChI=1S/C17H23N5O3S/c1-3-25-17(23)21-10-8-20(9-11-21)12-22-16(26)18-15(19-22)13-4-6-14(24-2)7-5-13/h4-7H,3,8-12H2,1-2H3,(H,18,19,26). The van der Waals surface area contributed by atoms with E-state index in [-0.39, 0.29) is 6.09 Å². The summed E-state index contributed by atoms with van der Waals surface area (Å²) >= 11 is 5.37. The number of rotatable bonds is 5. The molecule has 0 unspecified atom stereocenters. The molecule has 8 nitrogen and oxygen atoms in total. The quantitative estimate of drug-likeness (QED) is 0.806. The maximum Gasteiger partial charge on any atom is 0.409 e. The minimum Gasteiger partial charge on any atom is -0.497 e. The van der Waals surface area contributed by atoms with E-state index in [9.17, 15) is 4.79 Å². The van der Waals surface area contributed by atoms with Gasteiger partial charge < -0.3 is 14.4 Å². The molecular weight excluding hydrogens is 354 g/mol. The molecule has 1 N–H and O–H groups in total. The predicted octanol–water partition coefficient (Wildman–Crippen LogP) is 2.35. The van der Waals surface area contributed by atoms with Crippen molar-refractivity contribution >= 4 is 18.3 Å². The van der Waals surface area contributed by atoms with E-state index >= 15 is 0 Å². The Balaban J connectivity index is 1.62. The molecule has 0 atom stereocenters. The van der Waals surface area contributed by atoms with Gasteiger partial charge in [0.05, 0.1) is 20.4 Å². The highest BCUT2D eigenvalue weighted by Gasteiger charge is 2.22. The lowest BCUT2D eigenvalue weighted by Gasteiger charge is -2.33. The summed E-state index contributed by atoms with van der Waals surface area (Å²) in [5, 5.41) is 3.25. The van der Waals surface area contributed by atoms with Crippen LogP contribution in [-0.4, -0.2) is 70.6 Å². The first-order valence-electron chi connectivity index (χ1n) is 8.56. The number of nitrogens with one attached hydrogen (secondary N) is 1. The molecule has 1 amide bonds. The smallest absolute Gasteiger partial charge is 0.409 e. The summed E-state index contributed by atoms with van der Waals surface area (Å²) in [5.41, 5.74) is 0.947. The number of hydrogen-bond donors (Lipinski definition) is 1. The first kappa shape index (κ1) is 18.4. The molecule has 26 heavy (non-hydrogen) atoms. The van der Waals surface area contributed by atoms with Crippen LogP contribution in [0.3, 0.4) is 0 Å². The lowest BCUT2D eigenvalue weighted by Crippen LogP contribution is -2.49. The number of benzene rings is 1. The first-order valence-corrected chi connectivity index (χ1v) is 8.97. The predicted molar refractivity (Wildman–Crippen MR) is 99.6 cm³/mol. The Labute approximate surface area is 157 Å². The van der Waals surface area contributed by atoms with E-state index in [1.54, 1.807) is 12.0 Å². The minimum absolute atomic E-state index is 0.243. The van der Waals surface area contributed by atoms with E-state index in [1.165, 1.54) is 0 Å². The molecule has 140 valence electrons. The highest BCUT2D eigenvalue weighted by molar-refractivity contribution is 7.71. The molecule has 0 bridgehead atoms. The van der Waals surface area contributed by atoms with Gasteiger partial charge in [0.1, 0.15) is 5.75 Å². The second kappa shape index (κ2) is 8.33. The van der Waals surface area contributed by atoms with Crippen molar-refractivity contribution in [3.05, 3.63) is 29.0 Å². The van der Waals surface area contributed by atoms with Crippen LogP contribution in [-0.2, 0) is 11.4 Å². The van der Waals surface area contributed by atoms with E-state index in [2.05, 4.69) is 15.0 Å². The van der Waals surface area contributed by atoms with Crippen LogP contribution in [0.5, 0.6) is 5.75 Å². The molecule has 2 heterocycles. The highest BCUT2D eigenvalue weighted by Crippen LogP contribution is 2.19. The van der Waals surface area contributed by atoms with Crippen molar-refractivity contribution in [3.8, 4) is 17.1 Å². The van der Waals surface area contributed by atoms with Gasteiger partial charge in [-0.1, -0.05) is 0 Å². The summed E-state index contributed by atoms with van der Waals surface area (Å²) in [5.74, 6) is 1.52. The van der Waals surface area contributed by atoms with Gasteiger partial charge in [-0.25, -0.2) is 9.48 Å². The van der Waals surface area contributed by atoms with Gasteiger partial charge >= 0.3 is 6.09 Å². The molecule has 1 saturated heterocycles. The number of nitrogens with zero attached hydrogens (tertiary/aromatic N) is 4. The molecule has 1 fully saturated rings. The Kier molecular flexibility index (Phi) is 5.89. The molecule has 0 aliphatic carbocycles. The molecule has 0 radical (unpaired) electrons. The molecule has 1 aliphatic heterocycles. The molecule has 2 aromatic rings. The number of piperazine rings is 1. The fourth-order valence-corrected chi connectivity index (χ4v) is 3.01. The first-order chi connectivity index (χ1) is 12.6. The van der Waals surface area contributed by atoms with Crippen molar-refractivity contribution < 1.29 is 14.3 Å². The van der Waals surface area contributed by atoms with Gasteiger partial charge in [0.2, 0.25) is 4.77 Å². The maximum atomic E-state index is 11.8. The third-order valence-electron chi connectivity index (χ3n) is 4.28. The number of H-pyrrole nitrogens is 1. The zero-order valence-electron chi connectivity index (χ0n) is 15.0. The van der Waals surface area contributed by atoms with Crippen molar-refractivity contribution in [3.63, 3.8) is 0 Å². The Morgan fingerprint density at radius 1 is 1.23 bits per heavy atom.